The Kier molecular flexibility index (Phi) is 3.74. The van der Waals surface area contributed by atoms with Gasteiger partial charge in [-0.1, -0.05) is 20.8 Å². The fourth-order valence-corrected chi connectivity index (χ4v) is 1.59. The number of H-pyrrole nitrogens is 1. The third-order valence-electron chi connectivity index (χ3n) is 2.84. The van der Waals surface area contributed by atoms with E-state index in [0.717, 1.165) is 5.69 Å². The van der Waals surface area contributed by atoms with Gasteiger partial charge in [0.25, 0.3) is 5.91 Å². The van der Waals surface area contributed by atoms with Crippen LogP contribution in [0.25, 0.3) is 0 Å². The second kappa shape index (κ2) is 5.32. The molecule has 6 heteroatoms. The van der Waals surface area contributed by atoms with Crippen molar-refractivity contribution in [3.05, 3.63) is 35.7 Å². The van der Waals surface area contributed by atoms with Crippen LogP contribution in [-0.4, -0.2) is 28.2 Å². The summed E-state index contributed by atoms with van der Waals surface area (Å²) in [5.74, 6) is 0.708. The number of aromatic amines is 1. The molecule has 0 saturated heterocycles. The van der Waals surface area contributed by atoms with Gasteiger partial charge in [-0.25, -0.2) is 4.98 Å². The summed E-state index contributed by atoms with van der Waals surface area (Å²) in [6.45, 7) is 6.21. The van der Waals surface area contributed by atoms with Crippen molar-refractivity contribution in [1.29, 1.82) is 0 Å². The number of nitrogens with one attached hydrogen (secondary N) is 2. The van der Waals surface area contributed by atoms with Crippen molar-refractivity contribution >= 4 is 11.7 Å². The molecule has 0 aromatic carbocycles. The first-order valence-corrected chi connectivity index (χ1v) is 6.27. The van der Waals surface area contributed by atoms with E-state index in [0.29, 0.717) is 17.3 Å². The average Bonchev–Trinajstić information content (AvgIpc) is 2.87. The summed E-state index contributed by atoms with van der Waals surface area (Å²) in [6.07, 6.45) is 1.46. The number of aromatic nitrogens is 3. The molecule has 20 heavy (non-hydrogen) atoms. The molecule has 2 rings (SSSR count). The van der Waals surface area contributed by atoms with E-state index in [1.165, 1.54) is 13.3 Å². The van der Waals surface area contributed by atoms with Crippen LogP contribution >= 0.6 is 0 Å². The van der Waals surface area contributed by atoms with Gasteiger partial charge in [0.1, 0.15) is 0 Å². The van der Waals surface area contributed by atoms with Crippen LogP contribution in [-0.2, 0) is 5.41 Å². The van der Waals surface area contributed by atoms with Gasteiger partial charge in [-0.05, 0) is 6.07 Å². The van der Waals surface area contributed by atoms with Gasteiger partial charge in [-0.15, -0.1) is 0 Å². The molecule has 0 aliphatic carbocycles. The molecule has 0 atom stereocenters. The maximum atomic E-state index is 12.0. The number of hydrogen-bond acceptors (Lipinski definition) is 4. The van der Waals surface area contributed by atoms with Crippen LogP contribution in [0.15, 0.2) is 24.4 Å². The molecule has 2 aromatic rings. The van der Waals surface area contributed by atoms with Crippen molar-refractivity contribution in [2.75, 3.05) is 12.4 Å². The Bertz CT molecular complexity index is 596. The summed E-state index contributed by atoms with van der Waals surface area (Å²) in [4.78, 5) is 16.0. The lowest BCUT2D eigenvalue weighted by Gasteiger charge is -2.14. The molecule has 0 spiro atoms. The molecule has 0 aliphatic rings. The number of amides is 1. The summed E-state index contributed by atoms with van der Waals surface area (Å²) >= 11 is 0. The highest BCUT2D eigenvalue weighted by atomic mass is 16.5. The van der Waals surface area contributed by atoms with Gasteiger partial charge >= 0.3 is 0 Å². The van der Waals surface area contributed by atoms with Crippen LogP contribution in [0.2, 0.25) is 0 Å². The van der Waals surface area contributed by atoms with Crippen molar-refractivity contribution in [3.63, 3.8) is 0 Å². The van der Waals surface area contributed by atoms with Gasteiger partial charge in [0.2, 0.25) is 5.88 Å². The van der Waals surface area contributed by atoms with Crippen molar-refractivity contribution in [1.82, 2.24) is 15.2 Å². The lowest BCUT2D eigenvalue weighted by Crippen LogP contribution is -2.13. The van der Waals surface area contributed by atoms with Crippen molar-refractivity contribution in [3.8, 4) is 5.88 Å². The SMILES string of the molecule is COc1ccc(C(=O)Nc2cc(C(C)(C)C)[nH]n2)cn1. The molecule has 2 heterocycles. The number of pyridine rings is 1. The van der Waals surface area contributed by atoms with Crippen LogP contribution in [0.1, 0.15) is 36.8 Å². The molecule has 2 N–H and O–H groups in total. The van der Waals surface area contributed by atoms with Crippen LogP contribution in [0.4, 0.5) is 5.82 Å². The third kappa shape index (κ3) is 3.14. The van der Waals surface area contributed by atoms with Crippen LogP contribution in [0, 0.1) is 0 Å². The minimum Gasteiger partial charge on any atom is -0.481 e. The zero-order chi connectivity index (χ0) is 14.8. The number of hydrogen-bond donors (Lipinski definition) is 2. The summed E-state index contributed by atoms with van der Waals surface area (Å²) in [5, 5.41) is 9.73. The average molecular weight is 274 g/mol. The maximum absolute atomic E-state index is 12.0. The first kappa shape index (κ1) is 14.0. The topological polar surface area (TPSA) is 79.9 Å². The van der Waals surface area contributed by atoms with E-state index < -0.39 is 0 Å². The molecule has 1 amide bonds. The molecular formula is C14H18N4O2. The van der Waals surface area contributed by atoms with Crippen LogP contribution < -0.4 is 10.1 Å². The van der Waals surface area contributed by atoms with E-state index in [9.17, 15) is 4.79 Å². The highest BCUT2D eigenvalue weighted by molar-refractivity contribution is 6.03. The second-order valence-electron chi connectivity index (χ2n) is 5.46. The van der Waals surface area contributed by atoms with Crippen LogP contribution in [0.5, 0.6) is 5.88 Å². The molecule has 0 saturated carbocycles. The van der Waals surface area contributed by atoms with Crippen molar-refractivity contribution in [2.24, 2.45) is 0 Å². The Hall–Kier alpha value is -2.37. The monoisotopic (exact) mass is 274 g/mol. The Labute approximate surface area is 117 Å². The van der Waals surface area contributed by atoms with E-state index in [2.05, 4.69) is 41.3 Å². The standard InChI is InChI=1S/C14H18N4O2/c1-14(2,3)10-7-11(18-17-10)16-13(19)9-5-6-12(20-4)15-8-9/h5-8H,1-4H3,(H2,16,17,18,19). The first-order chi connectivity index (χ1) is 9.40. The molecule has 106 valence electrons. The Balaban J connectivity index is 2.09. The number of carbonyl (C=O) groups excluding carboxylic acids is 1. The largest absolute Gasteiger partial charge is 0.481 e. The molecular weight excluding hydrogens is 256 g/mol. The molecule has 2 aromatic heterocycles. The Morgan fingerprint density at radius 2 is 2.10 bits per heavy atom. The second-order valence-corrected chi connectivity index (χ2v) is 5.46. The van der Waals surface area contributed by atoms with Crippen molar-refractivity contribution in [2.45, 2.75) is 26.2 Å². The maximum Gasteiger partial charge on any atom is 0.258 e. The summed E-state index contributed by atoms with van der Waals surface area (Å²) in [7, 11) is 1.53. The van der Waals surface area contributed by atoms with Gasteiger partial charge in [0.05, 0.1) is 12.7 Å². The van der Waals surface area contributed by atoms with Crippen molar-refractivity contribution < 1.29 is 9.53 Å². The fourth-order valence-electron chi connectivity index (χ4n) is 1.59. The number of ether oxygens (including phenoxy) is 1. The Morgan fingerprint density at radius 1 is 1.35 bits per heavy atom. The Morgan fingerprint density at radius 3 is 2.60 bits per heavy atom. The fraction of sp³-hybridized carbons (Fsp3) is 0.357. The predicted molar refractivity (Wildman–Crippen MR) is 76.0 cm³/mol. The summed E-state index contributed by atoms with van der Waals surface area (Å²) in [5.41, 5.74) is 1.37. The van der Waals surface area contributed by atoms with E-state index in [-0.39, 0.29) is 11.3 Å². The highest BCUT2D eigenvalue weighted by Gasteiger charge is 2.17. The van der Waals surface area contributed by atoms with Gasteiger partial charge in [0.15, 0.2) is 5.82 Å². The summed E-state index contributed by atoms with van der Waals surface area (Å²) in [6, 6.07) is 5.12. The lowest BCUT2D eigenvalue weighted by atomic mass is 9.92. The van der Waals surface area contributed by atoms with Gasteiger partial charge in [0, 0.05) is 29.4 Å². The number of carbonyl (C=O) groups is 1. The molecule has 0 unspecified atom stereocenters. The normalized spacial score (nSPS) is 11.2. The van der Waals surface area contributed by atoms with Gasteiger partial charge in [-0.2, -0.15) is 5.10 Å². The smallest absolute Gasteiger partial charge is 0.258 e. The molecule has 0 fully saturated rings. The van der Waals surface area contributed by atoms with Gasteiger partial charge < -0.3 is 10.1 Å². The van der Waals surface area contributed by atoms with E-state index >= 15 is 0 Å². The number of rotatable bonds is 3. The predicted octanol–water partition coefficient (Wildman–Crippen LogP) is 2.36. The van der Waals surface area contributed by atoms with Crippen LogP contribution in [0.3, 0.4) is 0 Å². The molecule has 0 aliphatic heterocycles. The number of anilines is 1. The van der Waals surface area contributed by atoms with E-state index in [1.54, 1.807) is 12.1 Å². The minimum atomic E-state index is -0.257. The molecule has 0 radical (unpaired) electrons. The van der Waals surface area contributed by atoms with E-state index in [1.807, 2.05) is 6.07 Å². The number of nitrogens with zero attached hydrogens (tertiary/aromatic N) is 2. The number of methoxy groups -OCH3 is 1. The zero-order valence-electron chi connectivity index (χ0n) is 12.0. The highest BCUT2D eigenvalue weighted by Crippen LogP contribution is 2.22. The van der Waals surface area contributed by atoms with E-state index in [4.69, 9.17) is 4.74 Å². The van der Waals surface area contributed by atoms with Gasteiger partial charge in [-0.3, -0.25) is 9.89 Å². The summed E-state index contributed by atoms with van der Waals surface area (Å²) < 4.78 is 4.95. The first-order valence-electron chi connectivity index (χ1n) is 6.27. The molecule has 6 nitrogen and oxygen atoms in total. The molecule has 0 bridgehead atoms. The minimum absolute atomic E-state index is 0.0440. The zero-order valence-corrected chi connectivity index (χ0v) is 12.0. The third-order valence-corrected chi connectivity index (χ3v) is 2.84. The lowest BCUT2D eigenvalue weighted by molar-refractivity contribution is 0.102. The quantitative estimate of drug-likeness (QED) is 0.900.